The topological polar surface area (TPSA) is 56.2 Å². The van der Waals surface area contributed by atoms with Gasteiger partial charge >= 0.3 is 0 Å². The Labute approximate surface area is 98.8 Å². The van der Waals surface area contributed by atoms with Crippen molar-refractivity contribution >= 4 is 5.52 Å². The molecule has 3 aromatic heterocycles. The Morgan fingerprint density at radius 1 is 1.18 bits per heavy atom. The lowest BCUT2D eigenvalue weighted by Crippen LogP contribution is -2.00. The van der Waals surface area contributed by atoms with Crippen LogP contribution in [0.2, 0.25) is 0 Å². The lowest BCUT2D eigenvalue weighted by Gasteiger charge is -1.96. The summed E-state index contributed by atoms with van der Waals surface area (Å²) in [5, 5.41) is 0. The van der Waals surface area contributed by atoms with Gasteiger partial charge in [-0.2, -0.15) is 0 Å². The molecule has 3 rings (SSSR count). The van der Waals surface area contributed by atoms with E-state index < -0.39 is 0 Å². The normalized spacial score (nSPS) is 10.9. The van der Waals surface area contributed by atoms with Gasteiger partial charge in [0, 0.05) is 30.0 Å². The third kappa shape index (κ3) is 1.79. The summed E-state index contributed by atoms with van der Waals surface area (Å²) in [4.78, 5) is 8.58. The van der Waals surface area contributed by atoms with E-state index in [2.05, 4.69) is 16.0 Å². The summed E-state index contributed by atoms with van der Waals surface area (Å²) in [5.41, 5.74) is 9.60. The molecule has 0 atom stereocenters. The largest absolute Gasteiger partial charge is 0.325 e. The molecule has 17 heavy (non-hydrogen) atoms. The SMILES string of the molecule is NCc1cc2cc(-c3ccccn3)cn2cn1. The zero-order valence-corrected chi connectivity index (χ0v) is 9.24. The maximum atomic E-state index is 5.57. The summed E-state index contributed by atoms with van der Waals surface area (Å²) in [7, 11) is 0. The summed E-state index contributed by atoms with van der Waals surface area (Å²) in [5.74, 6) is 0. The van der Waals surface area contributed by atoms with Crippen LogP contribution < -0.4 is 5.73 Å². The molecule has 0 aliphatic rings. The van der Waals surface area contributed by atoms with Crippen LogP contribution in [0.15, 0.2) is 49.1 Å². The van der Waals surface area contributed by atoms with E-state index in [-0.39, 0.29) is 0 Å². The van der Waals surface area contributed by atoms with E-state index in [1.54, 1.807) is 12.5 Å². The number of hydrogen-bond acceptors (Lipinski definition) is 3. The molecule has 0 aliphatic carbocycles. The number of nitrogens with two attached hydrogens (primary N) is 1. The first kappa shape index (κ1) is 9.99. The summed E-state index contributed by atoms with van der Waals surface area (Å²) >= 11 is 0. The number of fused-ring (bicyclic) bond motifs is 1. The molecule has 0 saturated carbocycles. The van der Waals surface area contributed by atoms with Crippen LogP contribution in [0.5, 0.6) is 0 Å². The van der Waals surface area contributed by atoms with Crippen molar-refractivity contribution in [3.05, 3.63) is 54.7 Å². The highest BCUT2D eigenvalue weighted by Crippen LogP contribution is 2.20. The zero-order chi connectivity index (χ0) is 11.7. The van der Waals surface area contributed by atoms with Crippen molar-refractivity contribution in [2.75, 3.05) is 0 Å². The van der Waals surface area contributed by atoms with E-state index in [0.717, 1.165) is 22.5 Å². The van der Waals surface area contributed by atoms with Gasteiger partial charge < -0.3 is 10.1 Å². The van der Waals surface area contributed by atoms with E-state index in [4.69, 9.17) is 5.73 Å². The van der Waals surface area contributed by atoms with E-state index >= 15 is 0 Å². The van der Waals surface area contributed by atoms with Gasteiger partial charge in [0.2, 0.25) is 0 Å². The molecular weight excluding hydrogens is 212 g/mol. The molecule has 0 radical (unpaired) electrons. The van der Waals surface area contributed by atoms with Gasteiger partial charge in [-0.1, -0.05) is 6.07 Å². The average molecular weight is 224 g/mol. The summed E-state index contributed by atoms with van der Waals surface area (Å²) in [6.07, 6.45) is 5.59. The van der Waals surface area contributed by atoms with Crippen molar-refractivity contribution < 1.29 is 0 Å². The second-order valence-electron chi connectivity index (χ2n) is 3.86. The van der Waals surface area contributed by atoms with Gasteiger partial charge in [-0.05, 0) is 24.3 Å². The van der Waals surface area contributed by atoms with Crippen LogP contribution >= 0.6 is 0 Å². The number of nitrogens with zero attached hydrogens (tertiary/aromatic N) is 3. The predicted octanol–water partition coefficient (Wildman–Crippen LogP) is 1.85. The van der Waals surface area contributed by atoms with Crippen molar-refractivity contribution in [1.29, 1.82) is 0 Å². The Morgan fingerprint density at radius 2 is 2.12 bits per heavy atom. The van der Waals surface area contributed by atoms with Gasteiger partial charge in [0.05, 0.1) is 17.7 Å². The highest BCUT2D eigenvalue weighted by molar-refractivity contribution is 5.67. The summed E-state index contributed by atoms with van der Waals surface area (Å²) < 4.78 is 1.98. The third-order valence-electron chi connectivity index (χ3n) is 2.71. The van der Waals surface area contributed by atoms with Crippen molar-refractivity contribution in [2.24, 2.45) is 5.73 Å². The molecule has 84 valence electrons. The standard InChI is InChI=1S/C13H12N4/c14-7-11-6-12-5-10(8-17(12)9-16-11)13-3-1-2-4-15-13/h1-6,8-9H,7,14H2. The van der Waals surface area contributed by atoms with Crippen LogP contribution in [0.25, 0.3) is 16.8 Å². The fourth-order valence-corrected chi connectivity index (χ4v) is 1.84. The Hall–Kier alpha value is -2.20. The fraction of sp³-hybridized carbons (Fsp3) is 0.0769. The molecule has 0 spiro atoms. The first-order chi connectivity index (χ1) is 8.36. The van der Waals surface area contributed by atoms with Crippen molar-refractivity contribution in [3.8, 4) is 11.3 Å². The van der Waals surface area contributed by atoms with Gasteiger partial charge in [0.1, 0.15) is 0 Å². The Bertz CT molecular complexity index is 643. The fourth-order valence-electron chi connectivity index (χ4n) is 1.84. The molecule has 0 fully saturated rings. The van der Waals surface area contributed by atoms with Crippen LogP contribution in [0.4, 0.5) is 0 Å². The minimum Gasteiger partial charge on any atom is -0.325 e. The van der Waals surface area contributed by atoms with E-state index in [0.29, 0.717) is 6.54 Å². The quantitative estimate of drug-likeness (QED) is 0.722. The first-order valence-electron chi connectivity index (χ1n) is 5.45. The summed E-state index contributed by atoms with van der Waals surface area (Å²) in [6.45, 7) is 0.459. The molecule has 0 bridgehead atoms. The minimum absolute atomic E-state index is 0.459. The van der Waals surface area contributed by atoms with Gasteiger partial charge in [0.15, 0.2) is 0 Å². The van der Waals surface area contributed by atoms with Crippen LogP contribution in [0.1, 0.15) is 5.69 Å². The molecule has 3 aromatic rings. The van der Waals surface area contributed by atoms with Crippen LogP contribution in [0.3, 0.4) is 0 Å². The van der Waals surface area contributed by atoms with Crippen molar-refractivity contribution in [2.45, 2.75) is 6.54 Å². The Morgan fingerprint density at radius 3 is 2.88 bits per heavy atom. The zero-order valence-electron chi connectivity index (χ0n) is 9.24. The molecule has 4 heteroatoms. The molecule has 0 amide bonds. The van der Waals surface area contributed by atoms with Crippen LogP contribution in [-0.2, 0) is 6.54 Å². The second kappa shape index (κ2) is 3.99. The lowest BCUT2D eigenvalue weighted by atomic mass is 10.2. The van der Waals surface area contributed by atoms with E-state index in [1.807, 2.05) is 34.9 Å². The number of hydrogen-bond donors (Lipinski definition) is 1. The van der Waals surface area contributed by atoms with Crippen molar-refractivity contribution in [1.82, 2.24) is 14.4 Å². The number of aromatic nitrogens is 3. The van der Waals surface area contributed by atoms with Crippen LogP contribution in [0, 0.1) is 0 Å². The van der Waals surface area contributed by atoms with Gasteiger partial charge in [0.25, 0.3) is 0 Å². The number of rotatable bonds is 2. The molecule has 2 N–H and O–H groups in total. The second-order valence-corrected chi connectivity index (χ2v) is 3.86. The minimum atomic E-state index is 0.459. The molecule has 0 aromatic carbocycles. The van der Waals surface area contributed by atoms with Crippen molar-refractivity contribution in [3.63, 3.8) is 0 Å². The first-order valence-corrected chi connectivity index (χ1v) is 5.45. The monoisotopic (exact) mass is 224 g/mol. The molecular formula is C13H12N4. The van der Waals surface area contributed by atoms with Gasteiger partial charge in [-0.15, -0.1) is 0 Å². The molecule has 3 heterocycles. The third-order valence-corrected chi connectivity index (χ3v) is 2.71. The maximum absolute atomic E-state index is 5.57. The summed E-state index contributed by atoms with van der Waals surface area (Å²) in [6, 6.07) is 9.96. The molecule has 0 unspecified atom stereocenters. The maximum Gasteiger partial charge on any atom is 0.0994 e. The lowest BCUT2D eigenvalue weighted by molar-refractivity contribution is 0.953. The average Bonchev–Trinajstić information content (AvgIpc) is 2.82. The number of pyridine rings is 1. The molecule has 0 saturated heterocycles. The molecule has 0 aliphatic heterocycles. The van der Waals surface area contributed by atoms with E-state index in [9.17, 15) is 0 Å². The van der Waals surface area contributed by atoms with Crippen LogP contribution in [-0.4, -0.2) is 14.4 Å². The highest BCUT2D eigenvalue weighted by atomic mass is 15.0. The Balaban J connectivity index is 2.14. The smallest absolute Gasteiger partial charge is 0.0994 e. The molecule has 4 nitrogen and oxygen atoms in total. The van der Waals surface area contributed by atoms with E-state index in [1.165, 1.54) is 0 Å². The highest BCUT2D eigenvalue weighted by Gasteiger charge is 2.03. The predicted molar refractivity (Wildman–Crippen MR) is 66.3 cm³/mol. The van der Waals surface area contributed by atoms with Gasteiger partial charge in [-0.25, -0.2) is 4.98 Å². The Kier molecular flexibility index (Phi) is 2.34. The van der Waals surface area contributed by atoms with Gasteiger partial charge in [-0.3, -0.25) is 4.98 Å².